The van der Waals surface area contributed by atoms with Crippen molar-refractivity contribution in [3.8, 4) is 0 Å². The van der Waals surface area contributed by atoms with E-state index >= 15 is 0 Å². The number of anilines is 2. The van der Waals surface area contributed by atoms with Gasteiger partial charge in [-0.1, -0.05) is 6.07 Å². The van der Waals surface area contributed by atoms with Gasteiger partial charge in [-0.3, -0.25) is 9.48 Å². The standard InChI is InChI=1S/C15H15F3N4O.ClH/c16-15(17,18)13-6-8-21(20-13)9-14(23)22-7-2-3-10-11(19)4-1-5-12(10)22;/h1,4-6,8H,2-3,7,9,19H2;1H. The molecule has 0 saturated heterocycles. The van der Waals surface area contributed by atoms with Gasteiger partial charge in [0.15, 0.2) is 5.69 Å². The van der Waals surface area contributed by atoms with E-state index in [1.54, 1.807) is 23.1 Å². The Kier molecular flexibility index (Phi) is 5.08. The zero-order valence-electron chi connectivity index (χ0n) is 12.6. The fraction of sp³-hybridized carbons (Fsp3) is 0.333. The van der Waals surface area contributed by atoms with Gasteiger partial charge in [0.05, 0.1) is 0 Å². The second-order valence-corrected chi connectivity index (χ2v) is 5.39. The molecular weight excluding hydrogens is 345 g/mol. The second-order valence-electron chi connectivity index (χ2n) is 5.39. The molecule has 1 aromatic carbocycles. The zero-order chi connectivity index (χ0) is 16.6. The smallest absolute Gasteiger partial charge is 0.398 e. The summed E-state index contributed by atoms with van der Waals surface area (Å²) in [6.45, 7) is 0.271. The minimum absolute atomic E-state index is 0. The molecule has 3 rings (SSSR count). The number of nitrogens with two attached hydrogens (primary N) is 1. The molecular formula is C15H16ClF3N4O. The summed E-state index contributed by atoms with van der Waals surface area (Å²) in [5.41, 5.74) is 7.18. The highest BCUT2D eigenvalue weighted by atomic mass is 35.5. The number of hydrogen-bond acceptors (Lipinski definition) is 3. The number of aromatic nitrogens is 2. The predicted octanol–water partition coefficient (Wildman–Crippen LogP) is 2.89. The average molecular weight is 361 g/mol. The lowest BCUT2D eigenvalue weighted by molar-refractivity contribution is -0.141. The Balaban J connectivity index is 0.00000208. The number of nitrogens with zero attached hydrogens (tertiary/aromatic N) is 3. The Hall–Kier alpha value is -2.22. The summed E-state index contributed by atoms with van der Waals surface area (Å²) < 4.78 is 38.7. The molecule has 2 aromatic rings. The number of hydrogen-bond donors (Lipinski definition) is 1. The van der Waals surface area contributed by atoms with Crippen molar-refractivity contribution in [3.05, 3.63) is 41.7 Å². The van der Waals surface area contributed by atoms with Crippen LogP contribution in [0.15, 0.2) is 30.5 Å². The fourth-order valence-electron chi connectivity index (χ4n) is 2.74. The van der Waals surface area contributed by atoms with Crippen LogP contribution in [0, 0.1) is 0 Å². The molecule has 2 heterocycles. The number of benzene rings is 1. The van der Waals surface area contributed by atoms with Gasteiger partial charge in [0.1, 0.15) is 6.54 Å². The number of alkyl halides is 3. The first-order chi connectivity index (χ1) is 10.9. The van der Waals surface area contributed by atoms with E-state index in [4.69, 9.17) is 5.73 Å². The van der Waals surface area contributed by atoms with Crippen LogP contribution >= 0.6 is 12.4 Å². The van der Waals surface area contributed by atoms with Crippen molar-refractivity contribution in [2.45, 2.75) is 25.6 Å². The molecule has 5 nitrogen and oxygen atoms in total. The van der Waals surface area contributed by atoms with Gasteiger partial charge in [0.25, 0.3) is 0 Å². The van der Waals surface area contributed by atoms with Crippen LogP contribution in [0.2, 0.25) is 0 Å². The molecule has 0 atom stereocenters. The van der Waals surface area contributed by atoms with Gasteiger partial charge in [-0.25, -0.2) is 0 Å². The molecule has 0 fully saturated rings. The molecule has 9 heteroatoms. The summed E-state index contributed by atoms with van der Waals surface area (Å²) in [5, 5.41) is 3.41. The number of rotatable bonds is 2. The molecule has 0 saturated carbocycles. The van der Waals surface area contributed by atoms with E-state index in [1.807, 2.05) is 0 Å². The molecule has 0 spiro atoms. The maximum Gasteiger partial charge on any atom is 0.435 e. The van der Waals surface area contributed by atoms with Crippen molar-refractivity contribution in [1.29, 1.82) is 0 Å². The number of carbonyl (C=O) groups excluding carboxylic acids is 1. The first-order valence-electron chi connectivity index (χ1n) is 7.14. The largest absolute Gasteiger partial charge is 0.435 e. The number of amides is 1. The van der Waals surface area contributed by atoms with Crippen LogP contribution in [0.25, 0.3) is 0 Å². The van der Waals surface area contributed by atoms with Crippen LogP contribution < -0.4 is 10.6 Å². The van der Waals surface area contributed by atoms with Crippen molar-refractivity contribution < 1.29 is 18.0 Å². The summed E-state index contributed by atoms with van der Waals surface area (Å²) >= 11 is 0. The number of fused-ring (bicyclic) bond motifs is 1. The van der Waals surface area contributed by atoms with E-state index in [0.717, 1.165) is 41.0 Å². The van der Waals surface area contributed by atoms with E-state index in [0.29, 0.717) is 12.2 Å². The Morgan fingerprint density at radius 2 is 2.04 bits per heavy atom. The lowest BCUT2D eigenvalue weighted by Crippen LogP contribution is -2.38. The average Bonchev–Trinajstić information content (AvgIpc) is 2.96. The summed E-state index contributed by atoms with van der Waals surface area (Å²) in [4.78, 5) is 14.0. The maximum atomic E-state index is 12.5. The van der Waals surface area contributed by atoms with Gasteiger partial charge in [-0.15, -0.1) is 12.4 Å². The van der Waals surface area contributed by atoms with E-state index in [2.05, 4.69) is 5.10 Å². The highest BCUT2D eigenvalue weighted by molar-refractivity contribution is 5.95. The predicted molar refractivity (Wildman–Crippen MR) is 86.0 cm³/mol. The van der Waals surface area contributed by atoms with Crippen molar-refractivity contribution in [2.75, 3.05) is 17.2 Å². The third-order valence-electron chi connectivity index (χ3n) is 3.82. The van der Waals surface area contributed by atoms with Gasteiger partial charge < -0.3 is 10.6 Å². The Bertz CT molecular complexity index is 745. The zero-order valence-corrected chi connectivity index (χ0v) is 13.4. The Morgan fingerprint density at radius 3 is 2.71 bits per heavy atom. The SMILES string of the molecule is Cl.Nc1cccc2c1CCCN2C(=O)Cn1ccc(C(F)(F)F)n1. The van der Waals surface area contributed by atoms with Crippen LogP contribution in [0.1, 0.15) is 17.7 Å². The summed E-state index contributed by atoms with van der Waals surface area (Å²) in [7, 11) is 0. The first kappa shape index (κ1) is 18.1. The van der Waals surface area contributed by atoms with Crippen LogP contribution in [0.3, 0.4) is 0 Å². The van der Waals surface area contributed by atoms with E-state index in [-0.39, 0.29) is 24.9 Å². The fourth-order valence-corrected chi connectivity index (χ4v) is 2.74. The van der Waals surface area contributed by atoms with Gasteiger partial charge in [-0.2, -0.15) is 18.3 Å². The minimum Gasteiger partial charge on any atom is -0.398 e. The van der Waals surface area contributed by atoms with Gasteiger partial charge in [-0.05, 0) is 36.6 Å². The molecule has 1 aromatic heterocycles. The van der Waals surface area contributed by atoms with Crippen LogP contribution in [-0.2, 0) is 23.9 Å². The topological polar surface area (TPSA) is 64.2 Å². The molecule has 0 unspecified atom stereocenters. The molecule has 0 aliphatic carbocycles. The minimum atomic E-state index is -4.51. The molecule has 1 aliphatic heterocycles. The van der Waals surface area contributed by atoms with Gasteiger partial charge >= 0.3 is 6.18 Å². The Labute approximate surface area is 142 Å². The van der Waals surface area contributed by atoms with Crippen LogP contribution in [0.4, 0.5) is 24.5 Å². The normalized spacial score (nSPS) is 14.0. The molecule has 130 valence electrons. The summed E-state index contributed by atoms with van der Waals surface area (Å²) in [6.07, 6.45) is -1.81. The third-order valence-corrected chi connectivity index (χ3v) is 3.82. The van der Waals surface area contributed by atoms with Gasteiger partial charge in [0.2, 0.25) is 5.91 Å². The van der Waals surface area contributed by atoms with Crippen molar-refractivity contribution in [2.24, 2.45) is 0 Å². The third kappa shape index (κ3) is 3.48. The van der Waals surface area contributed by atoms with Crippen molar-refractivity contribution >= 4 is 29.7 Å². The summed E-state index contributed by atoms with van der Waals surface area (Å²) in [5.74, 6) is -0.312. The number of carbonyl (C=O) groups is 1. The van der Waals surface area contributed by atoms with Crippen molar-refractivity contribution in [3.63, 3.8) is 0 Å². The lowest BCUT2D eigenvalue weighted by atomic mass is 10.00. The number of nitrogen functional groups attached to an aromatic ring is 1. The molecule has 1 aliphatic rings. The monoisotopic (exact) mass is 360 g/mol. The van der Waals surface area contributed by atoms with Crippen LogP contribution in [0.5, 0.6) is 0 Å². The molecule has 24 heavy (non-hydrogen) atoms. The van der Waals surface area contributed by atoms with E-state index in [9.17, 15) is 18.0 Å². The van der Waals surface area contributed by atoms with Gasteiger partial charge in [0, 0.05) is 24.1 Å². The second kappa shape index (κ2) is 6.72. The summed E-state index contributed by atoms with van der Waals surface area (Å²) in [6, 6.07) is 6.19. The molecule has 1 amide bonds. The van der Waals surface area contributed by atoms with E-state index in [1.165, 1.54) is 0 Å². The molecule has 0 radical (unpaired) electrons. The van der Waals surface area contributed by atoms with Crippen LogP contribution in [-0.4, -0.2) is 22.2 Å². The van der Waals surface area contributed by atoms with Crippen molar-refractivity contribution in [1.82, 2.24) is 9.78 Å². The highest BCUT2D eigenvalue weighted by Crippen LogP contribution is 2.31. The number of halogens is 4. The van der Waals surface area contributed by atoms with E-state index < -0.39 is 11.9 Å². The Morgan fingerprint density at radius 1 is 1.29 bits per heavy atom. The highest BCUT2D eigenvalue weighted by Gasteiger charge is 2.34. The molecule has 0 bridgehead atoms. The molecule has 2 N–H and O–H groups in total. The lowest BCUT2D eigenvalue weighted by Gasteiger charge is -2.30. The maximum absolute atomic E-state index is 12.5. The quantitative estimate of drug-likeness (QED) is 0.837. The first-order valence-corrected chi connectivity index (χ1v) is 7.14.